The minimum atomic E-state index is -3.22. The number of rotatable bonds is 11. The zero-order valence-corrected chi connectivity index (χ0v) is 63.0. The number of ether oxygens (including phenoxy) is 4. The monoisotopic (exact) mass is 1640 g/mol. The van der Waals surface area contributed by atoms with E-state index in [0.717, 1.165) is 88.7 Å². The van der Waals surface area contributed by atoms with Crippen LogP contribution in [0, 0.1) is 34.5 Å². The number of carbonyl (C=O) groups excluding carboxylic acids is 5. The molecule has 4 saturated carbocycles. The Morgan fingerprint density at radius 1 is 0.614 bits per heavy atom. The molecule has 0 spiro atoms. The number of aromatic amines is 4. The Kier molecular flexibility index (Phi) is 32.9. The van der Waals surface area contributed by atoms with Crippen LogP contribution in [0.5, 0.6) is 0 Å². The number of hydrogen-bond acceptors (Lipinski definition) is 30. The van der Waals surface area contributed by atoms with E-state index in [2.05, 4.69) is 166 Å². The number of nitrogen functional groups attached to an aromatic ring is 3. The number of esters is 4. The van der Waals surface area contributed by atoms with E-state index in [1.54, 1.807) is 25.3 Å². The summed E-state index contributed by atoms with van der Waals surface area (Å²) in [6.45, 7) is 5.27. The van der Waals surface area contributed by atoms with Crippen molar-refractivity contribution in [1.29, 1.82) is 0 Å². The number of hydrogen-bond donors (Lipinski definition) is 9. The number of nitrogens with zero attached hydrogens (tertiary/aromatic N) is 13. The van der Waals surface area contributed by atoms with Crippen LogP contribution < -0.4 is 44.8 Å². The fourth-order valence-corrected chi connectivity index (χ4v) is 12.7. The number of halogens is 5. The molecule has 551 valence electrons. The molecule has 0 bridgehead atoms. The summed E-state index contributed by atoms with van der Waals surface area (Å²) in [6, 6.07) is 0. The molecule has 4 aliphatic rings. The first kappa shape index (κ1) is 83.9. The van der Waals surface area contributed by atoms with Gasteiger partial charge in [0.15, 0.2) is 21.9 Å². The van der Waals surface area contributed by atoms with Gasteiger partial charge in [-0.3, -0.25) is 62.7 Å². The zero-order chi connectivity index (χ0) is 75.1. The fraction of sp³-hybridized carbons (Fsp3) is 0.589. The second-order valence-electron chi connectivity index (χ2n) is 24.0. The van der Waals surface area contributed by atoms with Gasteiger partial charge in [-0.1, -0.05) is 0 Å². The Labute approximate surface area is 612 Å². The molecule has 4 fully saturated rings. The molecule has 7 aromatic heterocycles. The van der Waals surface area contributed by atoms with Gasteiger partial charge in [0.1, 0.15) is 44.3 Å². The Morgan fingerprint density at radius 2 is 0.990 bits per heavy atom. The van der Waals surface area contributed by atoms with Crippen molar-refractivity contribution in [3.05, 3.63) is 91.2 Å². The molecule has 7 heterocycles. The maximum absolute atomic E-state index is 12.1. The Morgan fingerprint density at radius 3 is 1.40 bits per heavy atom. The van der Waals surface area contributed by atoms with Crippen molar-refractivity contribution in [2.24, 2.45) is 39.2 Å². The SMILES string of the molecule is CC(C)(C)ON=O.COC(=O)C1CCC(C(=O)NCc2nnc(N)[nH]c2=O)CC1.COC(=O)C1CCC(c2nc(Br)c3c(=O)[nH]c(N)nn23)CC1.COC(=O)C1CCC(c2nc(Br)c3c(=O)[nH]cnn23)CC1.COC(=O)C1CCC(c2ncc3c(=O)[nH]c(N)nn23)CC1.O=P(Cl)(Cl)Cl.[B]=NS. The molecule has 101 heavy (non-hydrogen) atoms. The quantitative estimate of drug-likeness (QED) is 0.0118. The van der Waals surface area contributed by atoms with Crippen LogP contribution in [0.3, 0.4) is 0 Å². The van der Waals surface area contributed by atoms with Crippen LogP contribution in [0.2, 0.25) is 0 Å². The van der Waals surface area contributed by atoms with Gasteiger partial charge in [-0.15, -0.1) is 25.3 Å². The molecule has 0 unspecified atom stereocenters. The van der Waals surface area contributed by atoms with Gasteiger partial charge in [0.05, 0.1) is 64.9 Å². The Hall–Kier alpha value is -7.72. The number of imidazole rings is 3. The molecule has 4 aliphatic carbocycles. The molecule has 11 rings (SSSR count). The van der Waals surface area contributed by atoms with Crippen molar-refractivity contribution < 1.29 is 52.3 Å². The second-order valence-corrected chi connectivity index (χ2v) is 32.4. The summed E-state index contributed by atoms with van der Waals surface area (Å²) in [5.74, 6) is 1.49. The maximum atomic E-state index is 12.1. The van der Waals surface area contributed by atoms with Crippen LogP contribution in [0.4, 0.5) is 17.8 Å². The first-order valence-electron chi connectivity index (χ1n) is 31.0. The molecule has 37 nitrogen and oxygen atoms in total. The van der Waals surface area contributed by atoms with E-state index < -0.39 is 16.4 Å². The van der Waals surface area contributed by atoms with Gasteiger partial charge in [-0.05, 0) is 189 Å². The van der Waals surface area contributed by atoms with Crippen molar-refractivity contribution in [2.45, 2.75) is 153 Å². The van der Waals surface area contributed by atoms with E-state index in [0.29, 0.717) is 57.3 Å². The molecule has 1 radical (unpaired) electrons. The van der Waals surface area contributed by atoms with Gasteiger partial charge in [-0.2, -0.15) is 5.10 Å². The second kappa shape index (κ2) is 39.6. The van der Waals surface area contributed by atoms with Crippen molar-refractivity contribution in [3.63, 3.8) is 0 Å². The molecule has 0 saturated heterocycles. The number of aromatic nitrogens is 15. The van der Waals surface area contributed by atoms with Crippen molar-refractivity contribution in [2.75, 3.05) is 45.6 Å². The number of anilines is 3. The van der Waals surface area contributed by atoms with Crippen LogP contribution in [0.25, 0.3) is 16.6 Å². The normalized spacial score (nSPS) is 20.1. The van der Waals surface area contributed by atoms with E-state index in [9.17, 15) is 52.6 Å². The summed E-state index contributed by atoms with van der Waals surface area (Å²) in [4.78, 5) is 142. The number of carbonyl (C=O) groups is 5. The van der Waals surface area contributed by atoms with Crippen molar-refractivity contribution in [1.82, 2.24) is 79.2 Å². The number of thiol groups is 1. The zero-order valence-electron chi connectivity index (χ0n) is 55.7. The van der Waals surface area contributed by atoms with E-state index in [4.69, 9.17) is 36.1 Å². The van der Waals surface area contributed by atoms with E-state index in [1.807, 2.05) is 0 Å². The molecule has 0 atom stereocenters. The van der Waals surface area contributed by atoms with Gasteiger partial charge in [0.25, 0.3) is 22.2 Å². The van der Waals surface area contributed by atoms with Gasteiger partial charge in [0.2, 0.25) is 23.8 Å². The molecule has 0 aliphatic heterocycles. The molecule has 11 N–H and O–H groups in total. The van der Waals surface area contributed by atoms with Gasteiger partial charge in [-0.25, -0.2) is 28.5 Å². The van der Waals surface area contributed by atoms with Crippen LogP contribution in [0.1, 0.15) is 164 Å². The van der Waals surface area contributed by atoms with Crippen LogP contribution in [-0.2, 0) is 58.9 Å². The molecular formula is C56H77BBr2Cl3N21O16PS. The minimum absolute atomic E-state index is 0.00161. The van der Waals surface area contributed by atoms with E-state index in [1.165, 1.54) is 50.0 Å². The first-order chi connectivity index (χ1) is 47.7. The van der Waals surface area contributed by atoms with Crippen molar-refractivity contribution >= 4 is 155 Å². The first-order valence-corrected chi connectivity index (χ1v) is 37.5. The van der Waals surface area contributed by atoms with Gasteiger partial charge >= 0.3 is 53.8 Å². The average molecular weight is 1640 g/mol. The third-order valence-corrected chi connectivity index (χ3v) is 17.5. The van der Waals surface area contributed by atoms with E-state index >= 15 is 0 Å². The summed E-state index contributed by atoms with van der Waals surface area (Å²) in [5, 5.41) is 21.4. The summed E-state index contributed by atoms with van der Waals surface area (Å²) < 4.78 is 36.8. The molecule has 0 aromatic carbocycles. The molecule has 1 amide bonds. The summed E-state index contributed by atoms with van der Waals surface area (Å²) in [5.41, 5.74) is 16.0. The number of fused-ring (bicyclic) bond motifs is 3. The Bertz CT molecular complexity index is 4280. The molecule has 7 aromatic rings. The van der Waals surface area contributed by atoms with Gasteiger partial charge < -0.3 is 51.3 Å². The van der Waals surface area contributed by atoms with Crippen LogP contribution in [0.15, 0.2) is 50.5 Å². The molecule has 45 heteroatoms. The predicted molar refractivity (Wildman–Crippen MR) is 381 cm³/mol. The van der Waals surface area contributed by atoms with Crippen molar-refractivity contribution in [3.8, 4) is 0 Å². The number of nitrogens with one attached hydrogen (secondary N) is 5. The summed E-state index contributed by atoms with van der Waals surface area (Å²) >= 11 is 23.7. The molecular weight excluding hydrogens is 1560 g/mol. The predicted octanol–water partition coefficient (Wildman–Crippen LogP) is 7.10. The average Bonchev–Trinajstić information content (AvgIpc) is 1.55. The van der Waals surface area contributed by atoms with Crippen LogP contribution in [-0.4, -0.2) is 145 Å². The van der Waals surface area contributed by atoms with E-state index in [-0.39, 0.29) is 124 Å². The number of nitrogens with two attached hydrogens (primary N) is 3. The third kappa shape index (κ3) is 25.1. The summed E-state index contributed by atoms with van der Waals surface area (Å²) in [7, 11) is 9.95. The van der Waals surface area contributed by atoms with Crippen LogP contribution >= 0.6 is 83.6 Å². The number of methoxy groups -OCH3 is 4. The standard InChI is InChI=1S/C13H16BrN5O3.C13H15BrN4O3.C13H19N5O4.C13H17N5O3.C4H9NO2.BHNS.Cl3OP/c1-22-12(21)7-4-2-6(3-5-7)10-16-9(14)8-11(20)17-13(15)18-19(8)10;1-21-13(20)8-4-2-7(3-5-8)11-17-10(14)9-12(19)15-6-16-18(9)11;1-22-12(21)8-4-2-7(3-5-8)10(19)15-6-9-11(20)16-13(14)18-17-9;1-21-12(20)8-4-2-7(3-5-8)10-15-6-9-11(19)16-13(14)17-18(9)10;1-4(2,3)7-5-6;1-2-3;1-5(2,3)4/h6-7H,2-5H2,1H3,(H3,15,17,18,20);6-8H,2-5H2,1H3,(H,15,16,19);7-8H,2-6H2,1H3,(H,15,19)(H3,14,16,18,20);6-8H,2-5H2,1H3,(H3,14,16,17,19);1-3H3;3H;. The summed E-state index contributed by atoms with van der Waals surface area (Å²) in [6.07, 6.45) is 14.8. The number of amides is 1. The topological polar surface area (TPSA) is 528 Å². The third-order valence-electron chi connectivity index (χ3n) is 16.4. The number of H-pyrrole nitrogens is 4. The Balaban J connectivity index is 0.000000227. The fourth-order valence-electron chi connectivity index (χ4n) is 11.6. The van der Waals surface area contributed by atoms with Gasteiger partial charge in [0, 0.05) is 23.7 Å².